The predicted octanol–water partition coefficient (Wildman–Crippen LogP) is 3.17. The first-order valence-electron chi connectivity index (χ1n) is 7.44. The van der Waals surface area contributed by atoms with E-state index in [1.165, 1.54) is 6.33 Å². The SMILES string of the molecule is O=C(O)[C@@H]1CCCN(c2cc(Nc3cccc(Cl)c3)ncn2)C1. The summed E-state index contributed by atoms with van der Waals surface area (Å²) in [6.07, 6.45) is 3.04. The zero-order chi connectivity index (χ0) is 16.2. The topological polar surface area (TPSA) is 78.4 Å². The Morgan fingerprint density at radius 2 is 2.22 bits per heavy atom. The smallest absolute Gasteiger partial charge is 0.308 e. The Bertz CT molecular complexity index is 710. The molecule has 0 radical (unpaired) electrons. The van der Waals surface area contributed by atoms with Gasteiger partial charge in [-0.2, -0.15) is 0 Å². The minimum atomic E-state index is -0.749. The summed E-state index contributed by atoms with van der Waals surface area (Å²) in [5, 5.41) is 13.0. The Hall–Kier alpha value is -2.34. The maximum absolute atomic E-state index is 11.2. The summed E-state index contributed by atoms with van der Waals surface area (Å²) in [5.41, 5.74) is 0.837. The van der Waals surface area contributed by atoms with Gasteiger partial charge in [-0.15, -0.1) is 0 Å². The normalized spacial score (nSPS) is 17.8. The summed E-state index contributed by atoms with van der Waals surface area (Å²) in [7, 11) is 0. The van der Waals surface area contributed by atoms with E-state index in [0.717, 1.165) is 24.5 Å². The Kier molecular flexibility index (Phi) is 4.62. The van der Waals surface area contributed by atoms with Gasteiger partial charge >= 0.3 is 5.97 Å². The van der Waals surface area contributed by atoms with Gasteiger partial charge in [0.1, 0.15) is 18.0 Å². The number of hydrogen-bond donors (Lipinski definition) is 2. The van der Waals surface area contributed by atoms with Crippen molar-refractivity contribution in [2.45, 2.75) is 12.8 Å². The third-order valence-electron chi connectivity index (χ3n) is 3.84. The van der Waals surface area contributed by atoms with Gasteiger partial charge in [0.05, 0.1) is 5.92 Å². The van der Waals surface area contributed by atoms with E-state index in [2.05, 4.69) is 15.3 Å². The van der Waals surface area contributed by atoms with Gasteiger partial charge in [-0.05, 0) is 31.0 Å². The molecule has 2 N–H and O–H groups in total. The fourth-order valence-corrected chi connectivity index (χ4v) is 2.88. The molecule has 1 atom stereocenters. The number of hydrogen-bond acceptors (Lipinski definition) is 5. The van der Waals surface area contributed by atoms with Crippen LogP contribution in [0, 0.1) is 5.92 Å². The number of carboxylic acid groups (broad SMARTS) is 1. The van der Waals surface area contributed by atoms with Crippen molar-refractivity contribution < 1.29 is 9.90 Å². The Balaban J connectivity index is 1.75. The lowest BCUT2D eigenvalue weighted by Gasteiger charge is -2.31. The highest BCUT2D eigenvalue weighted by Crippen LogP contribution is 2.24. The van der Waals surface area contributed by atoms with Gasteiger partial charge in [0, 0.05) is 29.9 Å². The second-order valence-corrected chi connectivity index (χ2v) is 5.96. The van der Waals surface area contributed by atoms with E-state index in [-0.39, 0.29) is 5.92 Å². The molecule has 0 bridgehead atoms. The van der Waals surface area contributed by atoms with E-state index in [4.69, 9.17) is 11.6 Å². The van der Waals surface area contributed by atoms with Crippen molar-refractivity contribution in [2.24, 2.45) is 5.92 Å². The first-order chi connectivity index (χ1) is 11.1. The van der Waals surface area contributed by atoms with Crippen LogP contribution in [-0.4, -0.2) is 34.1 Å². The molecule has 0 amide bonds. The summed E-state index contributed by atoms with van der Waals surface area (Å²) in [6.45, 7) is 1.28. The van der Waals surface area contributed by atoms with Crippen molar-refractivity contribution in [3.05, 3.63) is 41.7 Å². The van der Waals surface area contributed by atoms with Gasteiger partial charge in [-0.3, -0.25) is 4.79 Å². The first-order valence-corrected chi connectivity index (χ1v) is 7.82. The molecule has 1 fully saturated rings. The van der Waals surface area contributed by atoms with Crippen LogP contribution >= 0.6 is 11.6 Å². The largest absolute Gasteiger partial charge is 0.481 e. The molecule has 0 spiro atoms. The van der Waals surface area contributed by atoms with Gasteiger partial charge < -0.3 is 15.3 Å². The highest BCUT2D eigenvalue weighted by molar-refractivity contribution is 6.30. The molecule has 2 aromatic rings. The second kappa shape index (κ2) is 6.83. The number of nitrogens with zero attached hydrogens (tertiary/aromatic N) is 3. The van der Waals surface area contributed by atoms with Crippen LogP contribution in [0.2, 0.25) is 5.02 Å². The van der Waals surface area contributed by atoms with Gasteiger partial charge in [-0.1, -0.05) is 17.7 Å². The number of halogens is 1. The third-order valence-corrected chi connectivity index (χ3v) is 4.08. The predicted molar refractivity (Wildman–Crippen MR) is 89.3 cm³/mol. The lowest BCUT2D eigenvalue weighted by atomic mass is 9.98. The highest BCUT2D eigenvalue weighted by atomic mass is 35.5. The molecule has 23 heavy (non-hydrogen) atoms. The van der Waals surface area contributed by atoms with Crippen LogP contribution in [0.4, 0.5) is 17.3 Å². The summed E-state index contributed by atoms with van der Waals surface area (Å²) in [4.78, 5) is 21.7. The van der Waals surface area contributed by atoms with Crippen molar-refractivity contribution >= 4 is 34.9 Å². The van der Waals surface area contributed by atoms with Crippen LogP contribution in [0.1, 0.15) is 12.8 Å². The number of rotatable bonds is 4. The molecule has 0 aliphatic carbocycles. The van der Waals surface area contributed by atoms with Gasteiger partial charge in [0.25, 0.3) is 0 Å². The summed E-state index contributed by atoms with van der Waals surface area (Å²) < 4.78 is 0. The molecule has 0 saturated carbocycles. The molecule has 7 heteroatoms. The monoisotopic (exact) mass is 332 g/mol. The highest BCUT2D eigenvalue weighted by Gasteiger charge is 2.26. The molecule has 120 valence electrons. The average molecular weight is 333 g/mol. The van der Waals surface area contributed by atoms with E-state index in [1.807, 2.05) is 29.2 Å². The van der Waals surface area contributed by atoms with Gasteiger partial charge in [-0.25, -0.2) is 9.97 Å². The van der Waals surface area contributed by atoms with E-state index in [9.17, 15) is 9.90 Å². The molecule has 1 saturated heterocycles. The summed E-state index contributed by atoms with van der Waals surface area (Å²) >= 11 is 5.97. The van der Waals surface area contributed by atoms with Crippen LogP contribution in [0.25, 0.3) is 0 Å². The zero-order valence-corrected chi connectivity index (χ0v) is 13.2. The Morgan fingerprint density at radius 1 is 1.35 bits per heavy atom. The third kappa shape index (κ3) is 3.90. The molecule has 6 nitrogen and oxygen atoms in total. The maximum Gasteiger partial charge on any atom is 0.308 e. The van der Waals surface area contributed by atoms with E-state index in [0.29, 0.717) is 23.8 Å². The van der Waals surface area contributed by atoms with Crippen LogP contribution in [0.3, 0.4) is 0 Å². The molecular formula is C16H17ClN4O2. The molecule has 1 aromatic heterocycles. The quantitative estimate of drug-likeness (QED) is 0.895. The molecular weight excluding hydrogens is 316 g/mol. The number of piperidine rings is 1. The number of nitrogens with one attached hydrogen (secondary N) is 1. The Morgan fingerprint density at radius 3 is 3.00 bits per heavy atom. The molecule has 1 aromatic carbocycles. The standard InChI is InChI=1S/C16H17ClN4O2/c17-12-4-1-5-13(7-12)20-14-8-15(19-10-18-14)21-6-2-3-11(9-21)16(22)23/h1,4-5,7-8,10-11H,2-3,6,9H2,(H,22,23)(H,18,19,20)/t11-/m1/s1. The van der Waals surface area contributed by atoms with Crippen LogP contribution in [0.5, 0.6) is 0 Å². The minimum Gasteiger partial charge on any atom is -0.481 e. The average Bonchev–Trinajstić information content (AvgIpc) is 2.55. The summed E-state index contributed by atoms with van der Waals surface area (Å²) in [5.74, 6) is 0.286. The van der Waals surface area contributed by atoms with Crippen molar-refractivity contribution in [3.63, 3.8) is 0 Å². The zero-order valence-electron chi connectivity index (χ0n) is 12.4. The fourth-order valence-electron chi connectivity index (χ4n) is 2.69. The lowest BCUT2D eigenvalue weighted by molar-refractivity contribution is -0.141. The van der Waals surface area contributed by atoms with Crippen molar-refractivity contribution in [1.82, 2.24) is 9.97 Å². The maximum atomic E-state index is 11.2. The summed E-state index contributed by atoms with van der Waals surface area (Å²) in [6, 6.07) is 9.19. The van der Waals surface area contributed by atoms with Crippen LogP contribution in [-0.2, 0) is 4.79 Å². The first kappa shape index (κ1) is 15.6. The molecule has 2 heterocycles. The van der Waals surface area contributed by atoms with Gasteiger partial charge in [0.15, 0.2) is 0 Å². The molecule has 0 unspecified atom stereocenters. The molecule has 1 aliphatic heterocycles. The number of anilines is 3. The molecule has 1 aliphatic rings. The number of benzene rings is 1. The number of carbonyl (C=O) groups is 1. The van der Waals surface area contributed by atoms with Gasteiger partial charge in [0.2, 0.25) is 0 Å². The van der Waals surface area contributed by atoms with Crippen LogP contribution in [0.15, 0.2) is 36.7 Å². The van der Waals surface area contributed by atoms with E-state index < -0.39 is 5.97 Å². The van der Waals surface area contributed by atoms with Crippen molar-refractivity contribution in [2.75, 3.05) is 23.3 Å². The van der Waals surface area contributed by atoms with E-state index in [1.54, 1.807) is 6.07 Å². The fraction of sp³-hybridized carbons (Fsp3) is 0.312. The van der Waals surface area contributed by atoms with E-state index >= 15 is 0 Å². The lowest BCUT2D eigenvalue weighted by Crippen LogP contribution is -2.39. The van der Waals surface area contributed by atoms with Crippen molar-refractivity contribution in [3.8, 4) is 0 Å². The second-order valence-electron chi connectivity index (χ2n) is 5.52. The minimum absolute atomic E-state index is 0.344. The Labute approximate surface area is 139 Å². The number of aliphatic carboxylic acids is 1. The number of carboxylic acids is 1. The van der Waals surface area contributed by atoms with Crippen molar-refractivity contribution in [1.29, 1.82) is 0 Å². The number of aromatic nitrogens is 2. The van der Waals surface area contributed by atoms with Crippen LogP contribution < -0.4 is 10.2 Å². The molecule has 3 rings (SSSR count).